The zero-order valence-corrected chi connectivity index (χ0v) is 12.5. The van der Waals surface area contributed by atoms with E-state index in [-0.39, 0.29) is 5.91 Å². The Morgan fingerprint density at radius 3 is 2.74 bits per heavy atom. The van der Waals surface area contributed by atoms with Gasteiger partial charge in [0.2, 0.25) is 5.91 Å². The summed E-state index contributed by atoms with van der Waals surface area (Å²) in [5.41, 5.74) is 0. The lowest BCUT2D eigenvalue weighted by molar-refractivity contribution is -0.119. The van der Waals surface area contributed by atoms with Crippen LogP contribution in [-0.2, 0) is 4.79 Å². The Morgan fingerprint density at radius 1 is 1.32 bits per heavy atom. The monoisotopic (exact) mass is 267 g/mol. The normalized spacial score (nSPS) is 28.9. The summed E-state index contributed by atoms with van der Waals surface area (Å²) in [6, 6.07) is 0.628. The van der Waals surface area contributed by atoms with Gasteiger partial charge >= 0.3 is 0 Å². The molecular weight excluding hydrogens is 238 g/mol. The van der Waals surface area contributed by atoms with Crippen LogP contribution in [0.2, 0.25) is 0 Å². The van der Waals surface area contributed by atoms with Crippen molar-refractivity contribution in [2.75, 3.05) is 39.3 Å². The van der Waals surface area contributed by atoms with Crippen LogP contribution >= 0.6 is 0 Å². The second kappa shape index (κ2) is 7.25. The van der Waals surface area contributed by atoms with Crippen molar-refractivity contribution in [1.82, 2.24) is 15.1 Å². The molecule has 2 aliphatic heterocycles. The lowest BCUT2D eigenvalue weighted by Crippen LogP contribution is -2.47. The van der Waals surface area contributed by atoms with Crippen molar-refractivity contribution in [3.05, 3.63) is 0 Å². The summed E-state index contributed by atoms with van der Waals surface area (Å²) in [5, 5.41) is 3.00. The number of rotatable bonds is 6. The standard InChI is InChI=1S/C15H29N3O/c1-3-17(4-2)9-10-18-8-6-5-7-14(18)13-11-15(19)16-12-13/h13-14H,3-12H2,1-2H3,(H,16,19). The molecule has 0 aliphatic carbocycles. The number of hydrogen-bond donors (Lipinski definition) is 1. The highest BCUT2D eigenvalue weighted by Crippen LogP contribution is 2.27. The van der Waals surface area contributed by atoms with Crippen molar-refractivity contribution in [2.45, 2.75) is 45.6 Å². The molecule has 2 rings (SSSR count). The molecule has 0 aromatic heterocycles. The predicted molar refractivity (Wildman–Crippen MR) is 78.1 cm³/mol. The third kappa shape index (κ3) is 3.93. The first-order valence-corrected chi connectivity index (χ1v) is 7.97. The van der Waals surface area contributed by atoms with E-state index in [2.05, 4.69) is 29.0 Å². The molecule has 0 radical (unpaired) electrons. The number of nitrogens with zero attached hydrogens (tertiary/aromatic N) is 2. The molecule has 0 saturated carbocycles. The maximum atomic E-state index is 11.4. The number of nitrogens with one attached hydrogen (secondary N) is 1. The van der Waals surface area contributed by atoms with Gasteiger partial charge in [0, 0.05) is 38.0 Å². The van der Waals surface area contributed by atoms with E-state index in [0.29, 0.717) is 12.0 Å². The van der Waals surface area contributed by atoms with Gasteiger partial charge in [-0.25, -0.2) is 0 Å². The molecule has 2 heterocycles. The Labute approximate surface area is 117 Å². The first-order valence-electron chi connectivity index (χ1n) is 7.97. The fraction of sp³-hybridized carbons (Fsp3) is 0.933. The lowest BCUT2D eigenvalue weighted by atomic mass is 9.89. The van der Waals surface area contributed by atoms with Crippen LogP contribution in [0.1, 0.15) is 39.5 Å². The van der Waals surface area contributed by atoms with Gasteiger partial charge in [0.05, 0.1) is 0 Å². The lowest BCUT2D eigenvalue weighted by Gasteiger charge is -2.39. The summed E-state index contributed by atoms with van der Waals surface area (Å²) in [6.07, 6.45) is 4.67. The molecule has 0 bridgehead atoms. The molecule has 110 valence electrons. The molecule has 1 amide bonds. The van der Waals surface area contributed by atoms with Crippen LogP contribution in [0.5, 0.6) is 0 Å². The van der Waals surface area contributed by atoms with E-state index in [1.807, 2.05) is 0 Å². The highest BCUT2D eigenvalue weighted by atomic mass is 16.1. The van der Waals surface area contributed by atoms with Crippen LogP contribution in [0.3, 0.4) is 0 Å². The molecular formula is C15H29N3O. The Hall–Kier alpha value is -0.610. The molecule has 0 spiro atoms. The average molecular weight is 267 g/mol. The molecule has 0 aromatic rings. The largest absolute Gasteiger partial charge is 0.356 e. The van der Waals surface area contributed by atoms with Crippen LogP contribution in [0, 0.1) is 5.92 Å². The van der Waals surface area contributed by atoms with E-state index in [1.165, 1.54) is 25.8 Å². The first-order chi connectivity index (χ1) is 9.24. The maximum Gasteiger partial charge on any atom is 0.220 e. The van der Waals surface area contributed by atoms with E-state index in [1.54, 1.807) is 0 Å². The average Bonchev–Trinajstić information content (AvgIpc) is 2.87. The molecule has 0 aromatic carbocycles. The number of piperidine rings is 1. The second-order valence-corrected chi connectivity index (χ2v) is 5.89. The van der Waals surface area contributed by atoms with E-state index in [0.717, 1.165) is 39.1 Å². The predicted octanol–water partition coefficient (Wildman–Crippen LogP) is 1.32. The molecule has 4 heteroatoms. The van der Waals surface area contributed by atoms with Crippen molar-refractivity contribution in [1.29, 1.82) is 0 Å². The van der Waals surface area contributed by atoms with Crippen LogP contribution in [0.4, 0.5) is 0 Å². The summed E-state index contributed by atoms with van der Waals surface area (Å²) >= 11 is 0. The first kappa shape index (κ1) is 14.8. The summed E-state index contributed by atoms with van der Waals surface area (Å²) < 4.78 is 0. The van der Waals surface area contributed by atoms with Gasteiger partial charge in [-0.2, -0.15) is 0 Å². The highest BCUT2D eigenvalue weighted by molar-refractivity contribution is 5.78. The zero-order valence-electron chi connectivity index (χ0n) is 12.5. The fourth-order valence-corrected chi connectivity index (χ4v) is 3.54. The van der Waals surface area contributed by atoms with Gasteiger partial charge in [0.15, 0.2) is 0 Å². The molecule has 19 heavy (non-hydrogen) atoms. The van der Waals surface area contributed by atoms with Gasteiger partial charge in [-0.15, -0.1) is 0 Å². The summed E-state index contributed by atoms with van der Waals surface area (Å²) in [5.74, 6) is 0.795. The molecule has 4 nitrogen and oxygen atoms in total. The van der Waals surface area contributed by atoms with E-state index < -0.39 is 0 Å². The van der Waals surface area contributed by atoms with E-state index in [4.69, 9.17) is 0 Å². The van der Waals surface area contributed by atoms with Gasteiger partial charge in [-0.1, -0.05) is 20.3 Å². The van der Waals surface area contributed by atoms with Gasteiger partial charge in [-0.05, 0) is 32.5 Å². The van der Waals surface area contributed by atoms with Gasteiger partial charge in [0.1, 0.15) is 0 Å². The van der Waals surface area contributed by atoms with Crippen molar-refractivity contribution in [3.63, 3.8) is 0 Å². The third-order valence-corrected chi connectivity index (χ3v) is 4.82. The maximum absolute atomic E-state index is 11.4. The topological polar surface area (TPSA) is 35.6 Å². The summed E-state index contributed by atoms with van der Waals surface area (Å²) in [6.45, 7) is 11.2. The number of likely N-dealkylation sites (N-methyl/N-ethyl adjacent to an activating group) is 1. The minimum absolute atomic E-state index is 0.249. The van der Waals surface area contributed by atoms with Crippen LogP contribution in [0.25, 0.3) is 0 Å². The molecule has 2 aliphatic rings. The minimum atomic E-state index is 0.249. The fourth-order valence-electron chi connectivity index (χ4n) is 3.54. The minimum Gasteiger partial charge on any atom is -0.356 e. The second-order valence-electron chi connectivity index (χ2n) is 5.89. The van der Waals surface area contributed by atoms with Crippen molar-refractivity contribution < 1.29 is 4.79 Å². The SMILES string of the molecule is CCN(CC)CCN1CCCCC1C1CNC(=O)C1. The summed E-state index contributed by atoms with van der Waals surface area (Å²) in [7, 11) is 0. The van der Waals surface area contributed by atoms with Crippen molar-refractivity contribution in [3.8, 4) is 0 Å². The Morgan fingerprint density at radius 2 is 2.11 bits per heavy atom. The number of hydrogen-bond acceptors (Lipinski definition) is 3. The van der Waals surface area contributed by atoms with Crippen molar-refractivity contribution >= 4 is 5.91 Å². The number of carbonyl (C=O) groups is 1. The molecule has 1 N–H and O–H groups in total. The Kier molecular flexibility index (Phi) is 5.64. The number of amides is 1. The number of likely N-dealkylation sites (tertiary alicyclic amines) is 1. The van der Waals surface area contributed by atoms with Gasteiger partial charge < -0.3 is 10.2 Å². The zero-order chi connectivity index (χ0) is 13.7. The van der Waals surface area contributed by atoms with Crippen molar-refractivity contribution in [2.24, 2.45) is 5.92 Å². The molecule has 2 fully saturated rings. The third-order valence-electron chi connectivity index (χ3n) is 4.82. The molecule has 2 unspecified atom stereocenters. The smallest absolute Gasteiger partial charge is 0.220 e. The van der Waals surface area contributed by atoms with Crippen LogP contribution < -0.4 is 5.32 Å². The van der Waals surface area contributed by atoms with E-state index >= 15 is 0 Å². The van der Waals surface area contributed by atoms with E-state index in [9.17, 15) is 4.79 Å². The highest BCUT2D eigenvalue weighted by Gasteiger charge is 2.34. The summed E-state index contributed by atoms with van der Waals surface area (Å²) in [4.78, 5) is 16.6. The molecule has 2 atom stereocenters. The van der Waals surface area contributed by atoms with Gasteiger partial charge in [0.25, 0.3) is 0 Å². The van der Waals surface area contributed by atoms with Crippen LogP contribution in [0.15, 0.2) is 0 Å². The Bertz CT molecular complexity index is 291. The van der Waals surface area contributed by atoms with Gasteiger partial charge in [-0.3, -0.25) is 9.69 Å². The van der Waals surface area contributed by atoms with Crippen LogP contribution in [-0.4, -0.2) is 61.0 Å². The number of carbonyl (C=O) groups excluding carboxylic acids is 1. The quantitative estimate of drug-likeness (QED) is 0.788. The molecule has 2 saturated heterocycles. The Balaban J connectivity index is 1.86.